The van der Waals surface area contributed by atoms with Crippen LogP contribution in [0.1, 0.15) is 45.6 Å². The van der Waals surface area contributed by atoms with E-state index in [1.165, 1.54) is 0 Å². The van der Waals surface area contributed by atoms with E-state index in [2.05, 4.69) is 26.1 Å². The third kappa shape index (κ3) is 3.29. The summed E-state index contributed by atoms with van der Waals surface area (Å²) in [5, 5.41) is 3.44. The summed E-state index contributed by atoms with van der Waals surface area (Å²) in [7, 11) is 0. The Hall–Kier alpha value is -0.890. The molecule has 0 heterocycles. The van der Waals surface area contributed by atoms with E-state index >= 15 is 0 Å². The average Bonchev–Trinajstić information content (AvgIpc) is 2.36. The van der Waals surface area contributed by atoms with E-state index in [0.717, 1.165) is 37.9 Å². The summed E-state index contributed by atoms with van der Waals surface area (Å²) in [6.45, 7) is 8.29. The molecule has 0 fully saturated rings. The molecule has 1 aromatic rings. The summed E-state index contributed by atoms with van der Waals surface area (Å²) in [4.78, 5) is 0. The molecule has 0 unspecified atom stereocenters. The topological polar surface area (TPSA) is 12.0 Å². The third-order valence-corrected chi connectivity index (χ3v) is 3.69. The van der Waals surface area contributed by atoms with Crippen molar-refractivity contribution >= 4 is 0 Å². The van der Waals surface area contributed by atoms with Crippen molar-refractivity contribution in [2.75, 3.05) is 13.1 Å². The smallest absolute Gasteiger partial charge is 0.127 e. The van der Waals surface area contributed by atoms with Crippen LogP contribution in [0.2, 0.25) is 0 Å². The van der Waals surface area contributed by atoms with Crippen LogP contribution in [-0.4, -0.2) is 13.1 Å². The zero-order valence-corrected chi connectivity index (χ0v) is 11.2. The predicted molar refractivity (Wildman–Crippen MR) is 71.8 cm³/mol. The number of benzene rings is 1. The maximum atomic E-state index is 13.9. The summed E-state index contributed by atoms with van der Waals surface area (Å²) >= 11 is 0. The van der Waals surface area contributed by atoms with Gasteiger partial charge in [0.05, 0.1) is 0 Å². The van der Waals surface area contributed by atoms with Crippen LogP contribution in [-0.2, 0) is 5.41 Å². The lowest BCUT2D eigenvalue weighted by Crippen LogP contribution is -2.38. The van der Waals surface area contributed by atoms with E-state index in [-0.39, 0.29) is 11.2 Å². The molecule has 0 bridgehead atoms. The van der Waals surface area contributed by atoms with Crippen LogP contribution in [0, 0.1) is 5.82 Å². The number of nitrogens with one attached hydrogen (secondary N) is 1. The minimum absolute atomic E-state index is 0.0689. The molecule has 96 valence electrons. The molecule has 1 rings (SSSR count). The molecule has 0 saturated heterocycles. The van der Waals surface area contributed by atoms with Crippen molar-refractivity contribution in [3.05, 3.63) is 35.6 Å². The van der Waals surface area contributed by atoms with Crippen molar-refractivity contribution in [1.29, 1.82) is 0 Å². The van der Waals surface area contributed by atoms with Gasteiger partial charge in [0.25, 0.3) is 0 Å². The van der Waals surface area contributed by atoms with Gasteiger partial charge in [0, 0.05) is 12.0 Å². The first-order valence-corrected chi connectivity index (χ1v) is 6.66. The van der Waals surface area contributed by atoms with E-state index in [1.807, 2.05) is 12.1 Å². The highest BCUT2D eigenvalue weighted by molar-refractivity contribution is 5.27. The Morgan fingerprint density at radius 2 is 1.76 bits per heavy atom. The minimum atomic E-state index is -0.0745. The first-order chi connectivity index (χ1) is 8.20. The van der Waals surface area contributed by atoms with Crippen LogP contribution in [0.5, 0.6) is 0 Å². The van der Waals surface area contributed by atoms with Gasteiger partial charge in [-0.05, 0) is 37.4 Å². The second-order valence-corrected chi connectivity index (χ2v) is 4.64. The minimum Gasteiger partial charge on any atom is -0.316 e. The number of rotatable bonds is 7. The largest absolute Gasteiger partial charge is 0.316 e. The van der Waals surface area contributed by atoms with Crippen LogP contribution in [0.4, 0.5) is 4.39 Å². The Morgan fingerprint density at radius 1 is 1.12 bits per heavy atom. The lowest BCUT2D eigenvalue weighted by molar-refractivity contribution is 0.354. The summed E-state index contributed by atoms with van der Waals surface area (Å²) in [6.07, 6.45) is 3.03. The molecule has 0 spiro atoms. The predicted octanol–water partition coefficient (Wildman–Crippen LogP) is 3.88. The molecule has 2 heteroatoms. The normalized spacial score (nSPS) is 11.8. The fourth-order valence-electron chi connectivity index (χ4n) is 2.37. The Morgan fingerprint density at radius 3 is 2.29 bits per heavy atom. The molecule has 17 heavy (non-hydrogen) atoms. The quantitative estimate of drug-likeness (QED) is 0.710. The standard InChI is InChI=1S/C15H24FN/c1-4-11-17-12-15(5-2,6-3)13-9-7-8-10-14(13)16/h7-10,17H,4-6,11-12H2,1-3H3. The molecule has 1 N–H and O–H groups in total. The van der Waals surface area contributed by atoms with Crippen molar-refractivity contribution in [3.63, 3.8) is 0 Å². The summed E-state index contributed by atoms with van der Waals surface area (Å²) in [6, 6.07) is 7.18. The Kier molecular flexibility index (Phi) is 5.63. The number of halogens is 1. The highest BCUT2D eigenvalue weighted by Gasteiger charge is 2.30. The number of hydrogen-bond acceptors (Lipinski definition) is 1. The van der Waals surface area contributed by atoms with Gasteiger partial charge in [0.1, 0.15) is 5.82 Å². The fourth-order valence-corrected chi connectivity index (χ4v) is 2.37. The molecule has 0 atom stereocenters. The van der Waals surface area contributed by atoms with Crippen molar-refractivity contribution in [2.45, 2.75) is 45.4 Å². The molecule has 0 amide bonds. The zero-order chi connectivity index (χ0) is 12.7. The maximum absolute atomic E-state index is 13.9. The van der Waals surface area contributed by atoms with Gasteiger partial charge in [0.2, 0.25) is 0 Å². The molecule has 0 aromatic heterocycles. The molecule has 0 radical (unpaired) electrons. The van der Waals surface area contributed by atoms with Gasteiger partial charge < -0.3 is 5.32 Å². The summed E-state index contributed by atoms with van der Waals surface area (Å²) in [5.74, 6) is -0.0745. The van der Waals surface area contributed by atoms with Gasteiger partial charge in [-0.3, -0.25) is 0 Å². The summed E-state index contributed by atoms with van der Waals surface area (Å²) < 4.78 is 13.9. The second kappa shape index (κ2) is 6.75. The van der Waals surface area contributed by atoms with Gasteiger partial charge in [-0.15, -0.1) is 0 Å². The van der Waals surface area contributed by atoms with E-state index in [0.29, 0.717) is 0 Å². The lowest BCUT2D eigenvalue weighted by atomic mass is 9.75. The first kappa shape index (κ1) is 14.2. The average molecular weight is 237 g/mol. The zero-order valence-electron chi connectivity index (χ0n) is 11.2. The van der Waals surface area contributed by atoms with Crippen LogP contribution in [0.15, 0.2) is 24.3 Å². The van der Waals surface area contributed by atoms with E-state index in [4.69, 9.17) is 0 Å². The lowest BCUT2D eigenvalue weighted by Gasteiger charge is -2.33. The molecular weight excluding hydrogens is 213 g/mol. The van der Waals surface area contributed by atoms with Gasteiger partial charge in [0.15, 0.2) is 0 Å². The first-order valence-electron chi connectivity index (χ1n) is 6.66. The Labute approximate surface area is 104 Å². The van der Waals surface area contributed by atoms with Crippen LogP contribution in [0.25, 0.3) is 0 Å². The third-order valence-electron chi connectivity index (χ3n) is 3.69. The number of hydrogen-bond donors (Lipinski definition) is 1. The van der Waals surface area contributed by atoms with E-state index < -0.39 is 0 Å². The van der Waals surface area contributed by atoms with Crippen molar-refractivity contribution in [3.8, 4) is 0 Å². The highest BCUT2D eigenvalue weighted by Crippen LogP contribution is 2.32. The Balaban J connectivity index is 2.94. The van der Waals surface area contributed by atoms with Gasteiger partial charge in [-0.25, -0.2) is 4.39 Å². The highest BCUT2D eigenvalue weighted by atomic mass is 19.1. The second-order valence-electron chi connectivity index (χ2n) is 4.64. The van der Waals surface area contributed by atoms with Crippen LogP contribution < -0.4 is 5.32 Å². The van der Waals surface area contributed by atoms with Gasteiger partial charge >= 0.3 is 0 Å². The molecule has 0 saturated carbocycles. The van der Waals surface area contributed by atoms with E-state index in [9.17, 15) is 4.39 Å². The maximum Gasteiger partial charge on any atom is 0.127 e. The van der Waals surface area contributed by atoms with Gasteiger partial charge in [-0.2, -0.15) is 0 Å². The molecule has 0 aliphatic heterocycles. The van der Waals surface area contributed by atoms with Crippen molar-refractivity contribution in [2.24, 2.45) is 0 Å². The fraction of sp³-hybridized carbons (Fsp3) is 0.600. The molecule has 0 aliphatic carbocycles. The van der Waals surface area contributed by atoms with E-state index in [1.54, 1.807) is 12.1 Å². The van der Waals surface area contributed by atoms with Crippen LogP contribution in [0.3, 0.4) is 0 Å². The molecule has 1 nitrogen and oxygen atoms in total. The van der Waals surface area contributed by atoms with Crippen molar-refractivity contribution in [1.82, 2.24) is 5.32 Å². The summed E-state index contributed by atoms with van der Waals surface area (Å²) in [5.41, 5.74) is 0.786. The monoisotopic (exact) mass is 237 g/mol. The molecule has 1 aromatic carbocycles. The molecule has 0 aliphatic rings. The van der Waals surface area contributed by atoms with Crippen LogP contribution >= 0.6 is 0 Å². The Bertz CT molecular complexity index is 331. The molecular formula is C15H24FN. The van der Waals surface area contributed by atoms with Gasteiger partial charge in [-0.1, -0.05) is 39.0 Å². The SMILES string of the molecule is CCCNCC(CC)(CC)c1ccccc1F. The van der Waals surface area contributed by atoms with Crippen molar-refractivity contribution < 1.29 is 4.39 Å².